The Bertz CT molecular complexity index is 742. The number of benzene rings is 1. The summed E-state index contributed by atoms with van der Waals surface area (Å²) in [6.45, 7) is 3.58. The zero-order valence-corrected chi connectivity index (χ0v) is 17.5. The highest BCUT2D eigenvalue weighted by Crippen LogP contribution is 2.32. The number of methoxy groups -OCH3 is 1. The lowest BCUT2D eigenvalue weighted by atomic mass is 10.0. The second kappa shape index (κ2) is 10.5. The average Bonchev–Trinajstić information content (AvgIpc) is 3.40. The zero-order chi connectivity index (χ0) is 19.8. The van der Waals surface area contributed by atoms with Gasteiger partial charge in [0, 0.05) is 19.1 Å². The number of carbonyl (C=O) groups excluding carboxylic acids is 1. The van der Waals surface area contributed by atoms with Crippen LogP contribution in [0, 0.1) is 5.92 Å². The van der Waals surface area contributed by atoms with Crippen molar-refractivity contribution in [1.29, 1.82) is 0 Å². The van der Waals surface area contributed by atoms with Gasteiger partial charge >= 0.3 is 0 Å². The van der Waals surface area contributed by atoms with Crippen LogP contribution in [0.5, 0.6) is 5.75 Å². The topological polar surface area (TPSA) is 64.6 Å². The first-order valence-corrected chi connectivity index (χ1v) is 10.9. The molecule has 1 fully saturated rings. The monoisotopic (exact) mass is 403 g/mol. The number of aromatic nitrogens is 2. The highest BCUT2D eigenvalue weighted by molar-refractivity contribution is 7.18. The van der Waals surface area contributed by atoms with Gasteiger partial charge in [0.05, 0.1) is 19.8 Å². The van der Waals surface area contributed by atoms with Crippen LogP contribution in [0.25, 0.3) is 10.6 Å². The van der Waals surface area contributed by atoms with Crippen LogP contribution in [0.4, 0.5) is 5.13 Å². The molecule has 6 nitrogen and oxygen atoms in total. The van der Waals surface area contributed by atoms with Crippen LogP contribution in [0.15, 0.2) is 24.3 Å². The van der Waals surface area contributed by atoms with Crippen LogP contribution >= 0.6 is 11.3 Å². The molecule has 1 aliphatic rings. The lowest BCUT2D eigenvalue weighted by Gasteiger charge is -2.19. The lowest BCUT2D eigenvalue weighted by Crippen LogP contribution is -2.34. The molecule has 0 bridgehead atoms. The molecule has 0 N–H and O–H groups in total. The standard InChI is InChI=1S/C21H29N3O3S/c1-3-27-18-11-9-17(10-12-18)20-22-23-21(28-20)24(14-15-26-2)19(25)13-8-16-6-4-5-7-16/h9-12,16H,3-8,13-15H2,1-2H3. The molecule has 1 aliphatic carbocycles. The van der Waals surface area contributed by atoms with Gasteiger partial charge in [-0.25, -0.2) is 0 Å². The number of hydrogen-bond donors (Lipinski definition) is 0. The van der Waals surface area contributed by atoms with E-state index in [9.17, 15) is 4.79 Å². The van der Waals surface area contributed by atoms with E-state index >= 15 is 0 Å². The molecule has 7 heteroatoms. The van der Waals surface area contributed by atoms with E-state index in [1.165, 1.54) is 37.0 Å². The predicted octanol–water partition coefficient (Wildman–Crippen LogP) is 4.55. The summed E-state index contributed by atoms with van der Waals surface area (Å²) < 4.78 is 10.7. The number of rotatable bonds is 10. The zero-order valence-electron chi connectivity index (χ0n) is 16.7. The molecule has 1 heterocycles. The molecule has 28 heavy (non-hydrogen) atoms. The molecule has 0 unspecified atom stereocenters. The maximum atomic E-state index is 12.9. The number of hydrogen-bond acceptors (Lipinski definition) is 6. The SMILES string of the molecule is CCOc1ccc(-c2nnc(N(CCOC)C(=O)CCC3CCCC3)s2)cc1. The van der Waals surface area contributed by atoms with Crippen LogP contribution < -0.4 is 9.64 Å². The van der Waals surface area contributed by atoms with Gasteiger partial charge in [-0.3, -0.25) is 9.69 Å². The fourth-order valence-corrected chi connectivity index (χ4v) is 4.47. The molecule has 0 spiro atoms. The largest absolute Gasteiger partial charge is 0.494 e. The van der Waals surface area contributed by atoms with Crippen LogP contribution in [0.2, 0.25) is 0 Å². The fourth-order valence-electron chi connectivity index (χ4n) is 3.57. The Kier molecular flexibility index (Phi) is 7.80. The predicted molar refractivity (Wildman–Crippen MR) is 112 cm³/mol. The first-order chi connectivity index (χ1) is 13.7. The first-order valence-electron chi connectivity index (χ1n) is 10.1. The molecule has 2 aromatic rings. The second-order valence-corrected chi connectivity index (χ2v) is 8.03. The van der Waals surface area contributed by atoms with Crippen molar-refractivity contribution in [3.05, 3.63) is 24.3 Å². The van der Waals surface area contributed by atoms with Crippen LogP contribution in [0.1, 0.15) is 45.4 Å². The normalized spacial score (nSPS) is 14.4. The highest BCUT2D eigenvalue weighted by Gasteiger charge is 2.23. The Morgan fingerprint density at radius 3 is 2.64 bits per heavy atom. The summed E-state index contributed by atoms with van der Waals surface area (Å²) in [5.74, 6) is 1.64. The minimum Gasteiger partial charge on any atom is -0.494 e. The van der Waals surface area contributed by atoms with E-state index < -0.39 is 0 Å². The third-order valence-electron chi connectivity index (χ3n) is 5.12. The molecule has 1 saturated carbocycles. The summed E-state index contributed by atoms with van der Waals surface area (Å²) in [5.41, 5.74) is 0.970. The number of anilines is 1. The number of nitrogens with zero attached hydrogens (tertiary/aromatic N) is 3. The Hall–Kier alpha value is -1.99. The van der Waals surface area contributed by atoms with Gasteiger partial charge in [0.25, 0.3) is 0 Å². The van der Waals surface area contributed by atoms with Gasteiger partial charge in [0.2, 0.25) is 11.0 Å². The van der Waals surface area contributed by atoms with Crippen molar-refractivity contribution in [1.82, 2.24) is 10.2 Å². The molecular formula is C21H29N3O3S. The van der Waals surface area contributed by atoms with Crippen molar-refractivity contribution in [3.8, 4) is 16.3 Å². The van der Waals surface area contributed by atoms with E-state index in [4.69, 9.17) is 9.47 Å². The maximum Gasteiger partial charge on any atom is 0.228 e. The van der Waals surface area contributed by atoms with Crippen LogP contribution in [-0.2, 0) is 9.53 Å². The van der Waals surface area contributed by atoms with Gasteiger partial charge in [-0.1, -0.05) is 37.0 Å². The Morgan fingerprint density at radius 2 is 1.96 bits per heavy atom. The van der Waals surface area contributed by atoms with Crippen molar-refractivity contribution in [2.24, 2.45) is 5.92 Å². The van der Waals surface area contributed by atoms with Crippen LogP contribution in [0.3, 0.4) is 0 Å². The van der Waals surface area contributed by atoms with Crippen molar-refractivity contribution < 1.29 is 14.3 Å². The molecule has 1 amide bonds. The van der Waals surface area contributed by atoms with E-state index in [1.807, 2.05) is 31.2 Å². The van der Waals surface area contributed by atoms with Gasteiger partial charge in [-0.05, 0) is 43.5 Å². The quantitative estimate of drug-likeness (QED) is 0.582. The highest BCUT2D eigenvalue weighted by atomic mass is 32.1. The van der Waals surface area contributed by atoms with E-state index in [-0.39, 0.29) is 5.91 Å². The lowest BCUT2D eigenvalue weighted by molar-refractivity contribution is -0.119. The molecule has 1 aromatic heterocycles. The molecule has 152 valence electrons. The first kappa shape index (κ1) is 20.7. The van der Waals surface area contributed by atoms with Gasteiger partial charge in [0.15, 0.2) is 0 Å². The minimum absolute atomic E-state index is 0.110. The molecule has 0 radical (unpaired) electrons. The summed E-state index contributed by atoms with van der Waals surface area (Å²) in [4.78, 5) is 14.6. The second-order valence-electron chi connectivity index (χ2n) is 7.07. The molecule has 0 saturated heterocycles. The van der Waals surface area contributed by atoms with Crippen molar-refractivity contribution in [3.63, 3.8) is 0 Å². The summed E-state index contributed by atoms with van der Waals surface area (Å²) in [7, 11) is 1.65. The van der Waals surface area contributed by atoms with E-state index in [0.717, 1.165) is 22.7 Å². The van der Waals surface area contributed by atoms with Crippen molar-refractivity contribution in [2.45, 2.75) is 45.4 Å². The minimum atomic E-state index is 0.110. The Labute approximate surface area is 170 Å². The number of ether oxygens (including phenoxy) is 2. The summed E-state index contributed by atoms with van der Waals surface area (Å²) in [6.07, 6.45) is 6.64. The van der Waals surface area contributed by atoms with E-state index in [0.29, 0.717) is 37.2 Å². The summed E-state index contributed by atoms with van der Waals surface area (Å²) in [5, 5.41) is 10.0. The third kappa shape index (κ3) is 5.52. The average molecular weight is 404 g/mol. The van der Waals surface area contributed by atoms with E-state index in [2.05, 4.69) is 10.2 Å². The number of amides is 1. The molecule has 1 aromatic carbocycles. The molecule has 0 atom stereocenters. The molecular weight excluding hydrogens is 374 g/mol. The van der Waals surface area contributed by atoms with Gasteiger partial charge in [0.1, 0.15) is 10.8 Å². The van der Waals surface area contributed by atoms with Gasteiger partial charge < -0.3 is 9.47 Å². The number of carbonyl (C=O) groups is 1. The van der Waals surface area contributed by atoms with Crippen LogP contribution in [-0.4, -0.2) is 43.0 Å². The Balaban J connectivity index is 1.68. The van der Waals surface area contributed by atoms with Crippen molar-refractivity contribution >= 4 is 22.4 Å². The maximum absolute atomic E-state index is 12.9. The molecule has 0 aliphatic heterocycles. The van der Waals surface area contributed by atoms with Crippen molar-refractivity contribution in [2.75, 3.05) is 31.8 Å². The van der Waals surface area contributed by atoms with E-state index in [1.54, 1.807) is 12.0 Å². The van der Waals surface area contributed by atoms with Gasteiger partial charge in [-0.2, -0.15) is 0 Å². The third-order valence-corrected chi connectivity index (χ3v) is 6.11. The smallest absolute Gasteiger partial charge is 0.228 e. The molecule has 3 rings (SSSR count). The van der Waals surface area contributed by atoms with Gasteiger partial charge in [-0.15, -0.1) is 10.2 Å². The summed E-state index contributed by atoms with van der Waals surface area (Å²) >= 11 is 1.44. The summed E-state index contributed by atoms with van der Waals surface area (Å²) in [6, 6.07) is 7.79. The Morgan fingerprint density at radius 1 is 1.21 bits per heavy atom. The fraction of sp³-hybridized carbons (Fsp3) is 0.571.